The van der Waals surface area contributed by atoms with Crippen LogP contribution in [0, 0.1) is 10.8 Å². The van der Waals surface area contributed by atoms with Gasteiger partial charge in [-0.25, -0.2) is 0 Å². The second kappa shape index (κ2) is 3.79. The number of aliphatic hydroxyl groups is 1. The van der Waals surface area contributed by atoms with Gasteiger partial charge in [0, 0.05) is 5.41 Å². The smallest absolute Gasteiger partial charge is 0.0882 e. The molecule has 0 heterocycles. The van der Waals surface area contributed by atoms with Crippen LogP contribution in [0.15, 0.2) is 24.3 Å². The molecule has 0 unspecified atom stereocenters. The van der Waals surface area contributed by atoms with Crippen LogP contribution in [0.2, 0.25) is 0 Å². The molecule has 88 valence electrons. The lowest BCUT2D eigenvalue weighted by Crippen LogP contribution is -2.51. The van der Waals surface area contributed by atoms with Gasteiger partial charge in [-0.3, -0.25) is 0 Å². The Kier molecular flexibility index (Phi) is 3.64. The molecule has 0 fully saturated rings. The highest BCUT2D eigenvalue weighted by atomic mass is 16.3. The summed E-state index contributed by atoms with van der Waals surface area (Å²) in [6.07, 6.45) is 0. The van der Waals surface area contributed by atoms with Gasteiger partial charge in [0.2, 0.25) is 0 Å². The zero-order valence-corrected chi connectivity index (χ0v) is 11.4. The van der Waals surface area contributed by atoms with E-state index >= 15 is 0 Å². The van der Waals surface area contributed by atoms with Gasteiger partial charge in [0.1, 0.15) is 0 Å². The minimum Gasteiger partial charge on any atom is -0.385 e. The Morgan fingerprint density at radius 2 is 1.20 bits per heavy atom. The Bertz CT molecular complexity index is 252. The summed E-state index contributed by atoms with van der Waals surface area (Å²) < 4.78 is 0. The minimum absolute atomic E-state index is 0.143. The lowest BCUT2D eigenvalue weighted by Gasteiger charge is -2.51. The molecule has 0 amide bonds. The molecular formula is C14H26O. The summed E-state index contributed by atoms with van der Waals surface area (Å²) in [6.45, 7) is 22.0. The highest BCUT2D eigenvalue weighted by molar-refractivity contribution is 5.22. The van der Waals surface area contributed by atoms with Crippen LogP contribution in [0.1, 0.15) is 48.5 Å². The molecule has 0 saturated carbocycles. The van der Waals surface area contributed by atoms with Crippen LogP contribution in [0.25, 0.3) is 0 Å². The molecule has 0 aromatic carbocycles. The van der Waals surface area contributed by atoms with Crippen molar-refractivity contribution in [3.8, 4) is 0 Å². The van der Waals surface area contributed by atoms with E-state index in [4.69, 9.17) is 0 Å². The van der Waals surface area contributed by atoms with Crippen molar-refractivity contribution in [3.05, 3.63) is 24.3 Å². The summed E-state index contributed by atoms with van der Waals surface area (Å²) in [7, 11) is 0. The Balaban J connectivity index is 5.50. The largest absolute Gasteiger partial charge is 0.385 e. The first-order valence-corrected chi connectivity index (χ1v) is 5.43. The summed E-state index contributed by atoms with van der Waals surface area (Å²) >= 11 is 0. The predicted molar refractivity (Wildman–Crippen MR) is 67.8 cm³/mol. The first-order chi connectivity index (χ1) is 6.39. The lowest BCUT2D eigenvalue weighted by atomic mass is 9.55. The Hall–Kier alpha value is -0.560. The normalized spacial score (nSPS) is 17.1. The van der Waals surface area contributed by atoms with Crippen molar-refractivity contribution >= 4 is 0 Å². The number of hydrogen-bond donors (Lipinski definition) is 1. The zero-order chi connectivity index (χ0) is 12.7. The fourth-order valence-electron chi connectivity index (χ4n) is 1.68. The molecule has 1 atom stereocenters. The maximum atomic E-state index is 10.6. The highest BCUT2D eigenvalue weighted by Gasteiger charge is 2.50. The SMILES string of the molecule is C=C(C)C(C)(C)C(C)(C)[C@](C)(O)C(=C)C. The van der Waals surface area contributed by atoms with E-state index < -0.39 is 5.60 Å². The van der Waals surface area contributed by atoms with Crippen LogP contribution in [0.4, 0.5) is 0 Å². The van der Waals surface area contributed by atoms with Crippen LogP contribution in [0.3, 0.4) is 0 Å². The average molecular weight is 210 g/mol. The summed E-state index contributed by atoms with van der Waals surface area (Å²) in [5.74, 6) is 0. The van der Waals surface area contributed by atoms with Gasteiger partial charge < -0.3 is 5.11 Å². The number of hydrogen-bond acceptors (Lipinski definition) is 1. The van der Waals surface area contributed by atoms with Crippen molar-refractivity contribution in [2.24, 2.45) is 10.8 Å². The fourth-order valence-corrected chi connectivity index (χ4v) is 1.68. The molecule has 1 heteroatoms. The standard InChI is InChI=1S/C14H26O/c1-10(2)12(5,6)13(7,8)14(9,15)11(3)4/h15H,1,3H2,2,4-9H3/t14-/m1/s1. The van der Waals surface area contributed by atoms with Gasteiger partial charge in [0.15, 0.2) is 0 Å². The van der Waals surface area contributed by atoms with E-state index in [2.05, 4.69) is 40.9 Å². The van der Waals surface area contributed by atoms with Crippen LogP contribution in [-0.2, 0) is 0 Å². The molecule has 0 radical (unpaired) electrons. The van der Waals surface area contributed by atoms with E-state index in [0.717, 1.165) is 11.1 Å². The van der Waals surface area contributed by atoms with Gasteiger partial charge in [0.05, 0.1) is 5.60 Å². The first-order valence-electron chi connectivity index (χ1n) is 5.43. The molecule has 0 bridgehead atoms. The van der Waals surface area contributed by atoms with E-state index in [1.165, 1.54) is 0 Å². The van der Waals surface area contributed by atoms with Crippen molar-refractivity contribution in [1.82, 2.24) is 0 Å². The van der Waals surface area contributed by atoms with E-state index in [1.807, 2.05) is 20.8 Å². The van der Waals surface area contributed by atoms with Crippen LogP contribution in [0.5, 0.6) is 0 Å². The summed E-state index contributed by atoms with van der Waals surface area (Å²) in [5, 5.41) is 10.6. The fraction of sp³-hybridized carbons (Fsp3) is 0.714. The monoisotopic (exact) mass is 210 g/mol. The quantitative estimate of drug-likeness (QED) is 0.697. The second-order valence-electron chi connectivity index (χ2n) is 5.88. The van der Waals surface area contributed by atoms with Crippen molar-refractivity contribution in [2.45, 2.75) is 54.1 Å². The topological polar surface area (TPSA) is 20.2 Å². The highest BCUT2D eigenvalue weighted by Crippen LogP contribution is 2.52. The van der Waals surface area contributed by atoms with Gasteiger partial charge in [-0.1, -0.05) is 46.4 Å². The van der Waals surface area contributed by atoms with Crippen molar-refractivity contribution in [2.75, 3.05) is 0 Å². The molecule has 1 nitrogen and oxygen atoms in total. The third kappa shape index (κ3) is 2.03. The molecule has 0 spiro atoms. The third-order valence-electron chi connectivity index (χ3n) is 4.68. The molecule has 0 aliphatic rings. The maximum absolute atomic E-state index is 10.6. The lowest BCUT2D eigenvalue weighted by molar-refractivity contribution is -0.0739. The molecule has 0 rings (SSSR count). The van der Waals surface area contributed by atoms with Gasteiger partial charge in [-0.2, -0.15) is 0 Å². The number of rotatable bonds is 4. The van der Waals surface area contributed by atoms with Gasteiger partial charge in [-0.15, -0.1) is 0 Å². The average Bonchev–Trinajstić information content (AvgIpc) is 2.02. The molecule has 0 aliphatic heterocycles. The van der Waals surface area contributed by atoms with E-state index in [0.29, 0.717) is 0 Å². The predicted octanol–water partition coefficient (Wildman–Crippen LogP) is 3.94. The van der Waals surface area contributed by atoms with Crippen LogP contribution in [-0.4, -0.2) is 10.7 Å². The van der Waals surface area contributed by atoms with Gasteiger partial charge in [0.25, 0.3) is 0 Å². The molecule has 0 aromatic rings. The zero-order valence-electron chi connectivity index (χ0n) is 11.4. The summed E-state index contributed by atoms with van der Waals surface area (Å²) in [5.41, 5.74) is 0.526. The Labute approximate surface area is 94.9 Å². The summed E-state index contributed by atoms with van der Waals surface area (Å²) in [4.78, 5) is 0. The van der Waals surface area contributed by atoms with Crippen molar-refractivity contribution in [3.63, 3.8) is 0 Å². The van der Waals surface area contributed by atoms with Gasteiger partial charge >= 0.3 is 0 Å². The van der Waals surface area contributed by atoms with Gasteiger partial charge in [-0.05, 0) is 31.8 Å². The van der Waals surface area contributed by atoms with E-state index in [-0.39, 0.29) is 10.8 Å². The molecule has 0 aromatic heterocycles. The van der Waals surface area contributed by atoms with E-state index in [1.54, 1.807) is 0 Å². The molecule has 0 saturated heterocycles. The number of allylic oxidation sites excluding steroid dienone is 1. The van der Waals surface area contributed by atoms with Crippen molar-refractivity contribution < 1.29 is 5.11 Å². The first kappa shape index (κ1) is 14.4. The maximum Gasteiger partial charge on any atom is 0.0882 e. The van der Waals surface area contributed by atoms with E-state index in [9.17, 15) is 5.11 Å². The Morgan fingerprint density at radius 1 is 0.867 bits per heavy atom. The minimum atomic E-state index is -0.893. The summed E-state index contributed by atoms with van der Waals surface area (Å²) in [6, 6.07) is 0. The Morgan fingerprint density at radius 3 is 1.40 bits per heavy atom. The molecule has 15 heavy (non-hydrogen) atoms. The molecule has 0 aliphatic carbocycles. The van der Waals surface area contributed by atoms with Crippen LogP contribution < -0.4 is 0 Å². The van der Waals surface area contributed by atoms with Crippen LogP contribution >= 0.6 is 0 Å². The molecular weight excluding hydrogens is 184 g/mol. The van der Waals surface area contributed by atoms with Crippen molar-refractivity contribution in [1.29, 1.82) is 0 Å². The molecule has 1 N–H and O–H groups in total. The second-order valence-corrected chi connectivity index (χ2v) is 5.88. The third-order valence-corrected chi connectivity index (χ3v) is 4.68.